The van der Waals surface area contributed by atoms with E-state index in [1.807, 2.05) is 0 Å². The van der Waals surface area contributed by atoms with Crippen LogP contribution in [-0.2, 0) is 21.2 Å². The third kappa shape index (κ3) is 4.26. The van der Waals surface area contributed by atoms with Gasteiger partial charge < -0.3 is 10.4 Å². The molecule has 11 heteroatoms. The molecule has 0 saturated heterocycles. The number of amides is 2. The number of hydrogen-bond acceptors (Lipinski definition) is 4. The summed E-state index contributed by atoms with van der Waals surface area (Å²) in [5.41, 5.74) is 1.55. The number of aliphatic carboxylic acids is 1. The lowest BCUT2D eigenvalue weighted by Crippen LogP contribution is -2.37. The van der Waals surface area contributed by atoms with Gasteiger partial charge in [0.15, 0.2) is 0 Å². The number of carbonyl (C=O) groups is 2. The SMILES string of the molecule is CNC(=O)N1CCc2cc(N(CC(=O)O)S(=O)(=O)c3cc(Cl)cc(Cl)c3)ccc21. The normalized spacial score (nSPS) is 13.1. The topological polar surface area (TPSA) is 107 Å². The molecule has 0 unspecified atom stereocenters. The quantitative estimate of drug-likeness (QED) is 0.717. The van der Waals surface area contributed by atoms with E-state index in [1.165, 1.54) is 36.2 Å². The van der Waals surface area contributed by atoms with Gasteiger partial charge in [-0.25, -0.2) is 13.2 Å². The Morgan fingerprint density at radius 2 is 1.83 bits per heavy atom. The van der Waals surface area contributed by atoms with E-state index in [9.17, 15) is 23.1 Å². The van der Waals surface area contributed by atoms with Crippen molar-refractivity contribution in [2.24, 2.45) is 0 Å². The second-order valence-electron chi connectivity index (χ2n) is 6.28. The fourth-order valence-electron chi connectivity index (χ4n) is 3.13. The zero-order valence-electron chi connectivity index (χ0n) is 15.2. The van der Waals surface area contributed by atoms with Crippen LogP contribution in [0.25, 0.3) is 0 Å². The van der Waals surface area contributed by atoms with Gasteiger partial charge in [0.1, 0.15) is 6.54 Å². The molecule has 0 fully saturated rings. The third-order valence-electron chi connectivity index (χ3n) is 4.41. The number of sulfonamides is 1. The lowest BCUT2D eigenvalue weighted by Gasteiger charge is -2.24. The molecular weight excluding hydrogens is 441 g/mol. The molecule has 29 heavy (non-hydrogen) atoms. The van der Waals surface area contributed by atoms with Crippen molar-refractivity contribution in [2.45, 2.75) is 11.3 Å². The average molecular weight is 458 g/mol. The molecule has 0 spiro atoms. The minimum atomic E-state index is -4.26. The number of urea groups is 1. The molecule has 0 aromatic heterocycles. The molecule has 0 saturated carbocycles. The minimum absolute atomic E-state index is 0.113. The summed E-state index contributed by atoms with van der Waals surface area (Å²) in [6.45, 7) is -0.349. The van der Waals surface area contributed by atoms with Crippen molar-refractivity contribution < 1.29 is 23.1 Å². The molecule has 8 nitrogen and oxygen atoms in total. The Kier molecular flexibility index (Phi) is 5.92. The Morgan fingerprint density at radius 3 is 2.41 bits per heavy atom. The number of hydrogen-bond donors (Lipinski definition) is 2. The maximum atomic E-state index is 13.2. The van der Waals surface area contributed by atoms with Crippen LogP contribution in [0.2, 0.25) is 10.0 Å². The number of rotatable bonds is 5. The van der Waals surface area contributed by atoms with Crippen LogP contribution in [0.1, 0.15) is 5.56 Å². The minimum Gasteiger partial charge on any atom is -0.480 e. The average Bonchev–Trinajstić information content (AvgIpc) is 3.07. The summed E-state index contributed by atoms with van der Waals surface area (Å²) in [6.07, 6.45) is 0.514. The summed E-state index contributed by atoms with van der Waals surface area (Å²) >= 11 is 11.8. The lowest BCUT2D eigenvalue weighted by atomic mass is 10.1. The fraction of sp³-hybridized carbons (Fsp3) is 0.222. The summed E-state index contributed by atoms with van der Waals surface area (Å²) in [4.78, 5) is 24.7. The van der Waals surface area contributed by atoms with E-state index in [2.05, 4.69) is 5.32 Å². The first kappa shape index (κ1) is 21.2. The monoisotopic (exact) mass is 457 g/mol. The van der Waals surface area contributed by atoms with E-state index in [1.54, 1.807) is 12.1 Å². The molecule has 1 heterocycles. The van der Waals surface area contributed by atoms with E-state index in [0.29, 0.717) is 18.7 Å². The molecule has 1 aliphatic rings. The highest BCUT2D eigenvalue weighted by atomic mass is 35.5. The van der Waals surface area contributed by atoms with Gasteiger partial charge in [-0.15, -0.1) is 0 Å². The summed E-state index contributed by atoms with van der Waals surface area (Å²) in [6, 6.07) is 8.16. The molecule has 2 aromatic rings. The van der Waals surface area contributed by atoms with E-state index < -0.39 is 22.5 Å². The Balaban J connectivity index is 2.06. The zero-order chi connectivity index (χ0) is 21.3. The van der Waals surface area contributed by atoms with Crippen molar-refractivity contribution in [3.8, 4) is 0 Å². The molecule has 2 N–H and O–H groups in total. The molecule has 0 aliphatic carbocycles. The molecule has 154 valence electrons. The summed E-state index contributed by atoms with van der Waals surface area (Å²) in [7, 11) is -2.74. The van der Waals surface area contributed by atoms with E-state index in [4.69, 9.17) is 23.2 Å². The van der Waals surface area contributed by atoms with E-state index >= 15 is 0 Å². The van der Waals surface area contributed by atoms with E-state index in [0.717, 1.165) is 9.87 Å². The van der Waals surface area contributed by atoms with Gasteiger partial charge in [-0.3, -0.25) is 14.0 Å². The van der Waals surface area contributed by atoms with Gasteiger partial charge in [0.25, 0.3) is 10.0 Å². The molecule has 3 rings (SSSR count). The van der Waals surface area contributed by atoms with Gasteiger partial charge in [0, 0.05) is 29.3 Å². The molecule has 2 aromatic carbocycles. The highest BCUT2D eigenvalue weighted by Crippen LogP contribution is 2.34. The summed E-state index contributed by atoms with van der Waals surface area (Å²) in [5.74, 6) is -1.32. The number of carboxylic acid groups (broad SMARTS) is 1. The highest BCUT2D eigenvalue weighted by Gasteiger charge is 2.30. The van der Waals surface area contributed by atoms with Gasteiger partial charge >= 0.3 is 12.0 Å². The first-order chi connectivity index (χ1) is 13.6. The van der Waals surface area contributed by atoms with Crippen molar-refractivity contribution >= 4 is 56.6 Å². The number of nitrogens with one attached hydrogen (secondary N) is 1. The van der Waals surface area contributed by atoms with Crippen molar-refractivity contribution in [3.05, 3.63) is 52.0 Å². The number of nitrogens with zero attached hydrogens (tertiary/aromatic N) is 2. The maximum absolute atomic E-state index is 13.2. The van der Waals surface area contributed by atoms with Crippen molar-refractivity contribution in [1.82, 2.24) is 5.32 Å². The molecule has 1 aliphatic heterocycles. The Morgan fingerprint density at radius 1 is 1.17 bits per heavy atom. The summed E-state index contributed by atoms with van der Waals surface area (Å²) in [5, 5.41) is 12.1. The second kappa shape index (κ2) is 8.10. The molecule has 0 radical (unpaired) electrons. The first-order valence-electron chi connectivity index (χ1n) is 8.46. The zero-order valence-corrected chi connectivity index (χ0v) is 17.6. The van der Waals surface area contributed by atoms with Gasteiger partial charge in [-0.1, -0.05) is 23.2 Å². The largest absolute Gasteiger partial charge is 0.480 e. The Bertz CT molecular complexity index is 1070. The van der Waals surface area contributed by atoms with Crippen molar-refractivity contribution in [1.29, 1.82) is 0 Å². The van der Waals surface area contributed by atoms with Crippen molar-refractivity contribution in [3.63, 3.8) is 0 Å². The van der Waals surface area contributed by atoms with Crippen LogP contribution in [0, 0.1) is 0 Å². The van der Waals surface area contributed by atoms with E-state index in [-0.39, 0.29) is 26.7 Å². The van der Waals surface area contributed by atoms with Crippen LogP contribution >= 0.6 is 23.2 Å². The predicted octanol–water partition coefficient (Wildman–Crippen LogP) is 2.98. The Labute approximate surface area is 177 Å². The number of fused-ring (bicyclic) bond motifs is 1. The number of carbonyl (C=O) groups excluding carboxylic acids is 1. The standard InChI is InChI=1S/C18H17Cl2N3O5S/c1-21-18(26)22-5-4-11-6-14(2-3-16(11)22)23(10-17(24)25)29(27,28)15-8-12(19)7-13(20)9-15/h2-3,6-9H,4-5,10H2,1H3,(H,21,26)(H,24,25). The molecule has 0 bridgehead atoms. The third-order valence-corrected chi connectivity index (χ3v) is 6.60. The smallest absolute Gasteiger partial charge is 0.324 e. The van der Waals surface area contributed by atoms with Crippen LogP contribution in [0.4, 0.5) is 16.2 Å². The number of anilines is 2. The van der Waals surface area contributed by atoms with Crippen molar-refractivity contribution in [2.75, 3.05) is 29.3 Å². The maximum Gasteiger partial charge on any atom is 0.324 e. The van der Waals surface area contributed by atoms with Crippen LogP contribution in [0.15, 0.2) is 41.3 Å². The van der Waals surface area contributed by atoms with Gasteiger partial charge in [-0.05, 0) is 48.4 Å². The number of halogens is 2. The number of carboxylic acids is 1. The van der Waals surface area contributed by atoms with Crippen LogP contribution in [0.3, 0.4) is 0 Å². The Hall–Kier alpha value is -2.49. The van der Waals surface area contributed by atoms with Crippen LogP contribution < -0.4 is 14.5 Å². The summed E-state index contributed by atoms with van der Waals surface area (Å²) < 4.78 is 27.1. The lowest BCUT2D eigenvalue weighted by molar-refractivity contribution is -0.135. The molecule has 0 atom stereocenters. The second-order valence-corrected chi connectivity index (χ2v) is 9.02. The molecule has 2 amide bonds. The highest BCUT2D eigenvalue weighted by molar-refractivity contribution is 7.92. The van der Waals surface area contributed by atoms with Gasteiger partial charge in [-0.2, -0.15) is 0 Å². The molecular formula is C18H17Cl2N3O5S. The predicted molar refractivity (Wildman–Crippen MR) is 111 cm³/mol. The van der Waals surface area contributed by atoms with Crippen LogP contribution in [-0.4, -0.2) is 45.7 Å². The van der Waals surface area contributed by atoms with Gasteiger partial charge in [0.05, 0.1) is 10.6 Å². The van der Waals surface area contributed by atoms with Crippen LogP contribution in [0.5, 0.6) is 0 Å². The fourth-order valence-corrected chi connectivity index (χ4v) is 5.27. The number of benzene rings is 2. The first-order valence-corrected chi connectivity index (χ1v) is 10.7. The van der Waals surface area contributed by atoms with Gasteiger partial charge in [0.2, 0.25) is 0 Å².